The average molecular weight is 208 g/mol. The number of rotatable bonds is 6. The predicted molar refractivity (Wildman–Crippen MR) is 64.0 cm³/mol. The minimum Gasteiger partial charge on any atom is -0.396 e. The zero-order valence-electron chi connectivity index (χ0n) is 9.53. The van der Waals surface area contributed by atoms with Gasteiger partial charge < -0.3 is 15.3 Å². The zero-order valence-corrected chi connectivity index (χ0v) is 9.53. The Morgan fingerprint density at radius 3 is 2.40 bits per heavy atom. The number of nitrogens with one attached hydrogen (secondary N) is 1. The lowest BCUT2D eigenvalue weighted by Gasteiger charge is -2.10. The Morgan fingerprint density at radius 2 is 1.87 bits per heavy atom. The Bertz CT molecular complexity index is 269. The summed E-state index contributed by atoms with van der Waals surface area (Å²) >= 11 is 0. The summed E-state index contributed by atoms with van der Waals surface area (Å²) in [4.78, 5) is 2.15. The van der Waals surface area contributed by atoms with Gasteiger partial charge in [0.25, 0.3) is 0 Å². The van der Waals surface area contributed by atoms with E-state index in [0.717, 1.165) is 25.2 Å². The summed E-state index contributed by atoms with van der Waals surface area (Å²) in [5, 5.41) is 11.9. The van der Waals surface area contributed by atoms with Crippen LogP contribution in [0.5, 0.6) is 0 Å². The molecule has 3 nitrogen and oxygen atoms in total. The fourth-order valence-corrected chi connectivity index (χ4v) is 1.40. The van der Waals surface area contributed by atoms with E-state index in [1.165, 1.54) is 5.56 Å². The molecule has 15 heavy (non-hydrogen) atoms. The molecule has 1 aromatic rings. The van der Waals surface area contributed by atoms with Crippen LogP contribution in [-0.2, 0) is 6.54 Å². The molecule has 3 heteroatoms. The maximum atomic E-state index is 8.64. The van der Waals surface area contributed by atoms with Crippen molar-refractivity contribution in [3.05, 3.63) is 29.8 Å². The first-order chi connectivity index (χ1) is 7.22. The maximum absolute atomic E-state index is 8.64. The number of nitrogens with zero attached hydrogens (tertiary/aromatic N) is 1. The summed E-state index contributed by atoms with van der Waals surface area (Å²) in [5.74, 6) is 0. The van der Waals surface area contributed by atoms with Gasteiger partial charge in [-0.1, -0.05) is 12.1 Å². The highest BCUT2D eigenvalue weighted by Gasteiger charge is 1.95. The number of benzene rings is 1. The molecule has 0 aliphatic heterocycles. The van der Waals surface area contributed by atoms with Crippen LogP contribution in [0, 0.1) is 0 Å². The molecule has 0 fully saturated rings. The summed E-state index contributed by atoms with van der Waals surface area (Å²) in [6.07, 6.45) is 0.791. The molecule has 0 aromatic heterocycles. The van der Waals surface area contributed by atoms with Crippen LogP contribution in [0.1, 0.15) is 12.0 Å². The molecule has 0 aliphatic rings. The highest BCUT2D eigenvalue weighted by Crippen LogP contribution is 2.10. The molecule has 0 saturated carbocycles. The lowest BCUT2D eigenvalue weighted by atomic mass is 10.2. The van der Waals surface area contributed by atoms with Gasteiger partial charge in [-0.15, -0.1) is 0 Å². The molecule has 1 rings (SSSR count). The topological polar surface area (TPSA) is 35.5 Å². The maximum Gasteiger partial charge on any atom is 0.0447 e. The van der Waals surface area contributed by atoms with Crippen LogP contribution >= 0.6 is 0 Å². The van der Waals surface area contributed by atoms with Gasteiger partial charge >= 0.3 is 0 Å². The van der Waals surface area contributed by atoms with Crippen LogP contribution in [0.4, 0.5) is 5.69 Å². The third-order valence-corrected chi connectivity index (χ3v) is 2.12. The first kappa shape index (κ1) is 12.0. The van der Waals surface area contributed by atoms with E-state index in [1.807, 2.05) is 0 Å². The summed E-state index contributed by atoms with van der Waals surface area (Å²) in [6.45, 7) is 2.03. The molecule has 0 spiro atoms. The Kier molecular flexibility index (Phi) is 5.15. The molecule has 84 valence electrons. The predicted octanol–water partition coefficient (Wildman–Crippen LogP) is 1.54. The SMILES string of the molecule is CN(C)Cc1ccc(NCCCO)cc1. The van der Waals surface area contributed by atoms with Gasteiger partial charge in [0.15, 0.2) is 0 Å². The van der Waals surface area contributed by atoms with Crippen molar-refractivity contribution in [2.24, 2.45) is 0 Å². The van der Waals surface area contributed by atoms with E-state index < -0.39 is 0 Å². The Labute approximate surface area is 91.7 Å². The van der Waals surface area contributed by atoms with E-state index in [1.54, 1.807) is 0 Å². The molecule has 2 N–H and O–H groups in total. The third kappa shape index (κ3) is 4.81. The fraction of sp³-hybridized carbons (Fsp3) is 0.500. The first-order valence-corrected chi connectivity index (χ1v) is 5.31. The molecule has 0 amide bonds. The first-order valence-electron chi connectivity index (χ1n) is 5.31. The quantitative estimate of drug-likeness (QED) is 0.696. The van der Waals surface area contributed by atoms with Crippen molar-refractivity contribution in [3.8, 4) is 0 Å². The molecular formula is C12H20N2O. The van der Waals surface area contributed by atoms with Gasteiger partial charge in [-0.2, -0.15) is 0 Å². The van der Waals surface area contributed by atoms with Crippen molar-refractivity contribution >= 4 is 5.69 Å². The van der Waals surface area contributed by atoms with E-state index in [4.69, 9.17) is 5.11 Å². The van der Waals surface area contributed by atoms with E-state index >= 15 is 0 Å². The Balaban J connectivity index is 2.42. The smallest absolute Gasteiger partial charge is 0.0447 e. The van der Waals surface area contributed by atoms with Gasteiger partial charge in [0.1, 0.15) is 0 Å². The van der Waals surface area contributed by atoms with Crippen LogP contribution in [0.15, 0.2) is 24.3 Å². The molecule has 0 heterocycles. The number of aliphatic hydroxyl groups excluding tert-OH is 1. The van der Waals surface area contributed by atoms with Crippen LogP contribution < -0.4 is 5.32 Å². The van der Waals surface area contributed by atoms with E-state index in [2.05, 4.69) is 48.6 Å². The van der Waals surface area contributed by atoms with Gasteiger partial charge in [0, 0.05) is 25.4 Å². The Hall–Kier alpha value is -1.06. The van der Waals surface area contributed by atoms with Crippen LogP contribution in [-0.4, -0.2) is 37.3 Å². The molecule has 0 radical (unpaired) electrons. The second kappa shape index (κ2) is 6.43. The van der Waals surface area contributed by atoms with Crippen LogP contribution in [0.25, 0.3) is 0 Å². The lowest BCUT2D eigenvalue weighted by molar-refractivity contribution is 0.292. The minimum absolute atomic E-state index is 0.242. The normalized spacial score (nSPS) is 10.7. The molecular weight excluding hydrogens is 188 g/mol. The van der Waals surface area contributed by atoms with E-state index in [-0.39, 0.29) is 6.61 Å². The number of anilines is 1. The average Bonchev–Trinajstić information content (AvgIpc) is 2.20. The number of aliphatic hydroxyl groups is 1. The molecule has 0 saturated heterocycles. The standard InChI is InChI=1S/C12H20N2O/c1-14(2)10-11-4-6-12(7-5-11)13-8-3-9-15/h4-7,13,15H,3,8-10H2,1-2H3. The van der Waals surface area contributed by atoms with Gasteiger partial charge in [-0.05, 0) is 38.2 Å². The van der Waals surface area contributed by atoms with Crippen molar-refractivity contribution < 1.29 is 5.11 Å². The zero-order chi connectivity index (χ0) is 11.1. The van der Waals surface area contributed by atoms with Gasteiger partial charge in [-0.25, -0.2) is 0 Å². The van der Waals surface area contributed by atoms with Crippen molar-refractivity contribution in [2.45, 2.75) is 13.0 Å². The largest absolute Gasteiger partial charge is 0.396 e. The molecule has 0 bridgehead atoms. The monoisotopic (exact) mass is 208 g/mol. The lowest BCUT2D eigenvalue weighted by Crippen LogP contribution is -2.10. The molecule has 0 atom stereocenters. The fourth-order valence-electron chi connectivity index (χ4n) is 1.40. The van der Waals surface area contributed by atoms with Crippen LogP contribution in [0.3, 0.4) is 0 Å². The van der Waals surface area contributed by atoms with Gasteiger partial charge in [-0.3, -0.25) is 0 Å². The summed E-state index contributed by atoms with van der Waals surface area (Å²) in [5.41, 5.74) is 2.43. The number of hydrogen-bond acceptors (Lipinski definition) is 3. The summed E-state index contributed by atoms with van der Waals surface area (Å²) < 4.78 is 0. The van der Waals surface area contributed by atoms with Crippen molar-refractivity contribution in [3.63, 3.8) is 0 Å². The second-order valence-electron chi connectivity index (χ2n) is 3.94. The Morgan fingerprint density at radius 1 is 1.20 bits per heavy atom. The van der Waals surface area contributed by atoms with E-state index in [0.29, 0.717) is 0 Å². The second-order valence-corrected chi connectivity index (χ2v) is 3.94. The summed E-state index contributed by atoms with van der Waals surface area (Å²) in [6, 6.07) is 8.41. The molecule has 1 aromatic carbocycles. The van der Waals surface area contributed by atoms with Crippen LogP contribution in [0.2, 0.25) is 0 Å². The minimum atomic E-state index is 0.242. The van der Waals surface area contributed by atoms with Crippen molar-refractivity contribution in [1.82, 2.24) is 4.90 Å². The molecule has 0 unspecified atom stereocenters. The van der Waals surface area contributed by atoms with Gasteiger partial charge in [0.2, 0.25) is 0 Å². The summed E-state index contributed by atoms with van der Waals surface area (Å²) in [7, 11) is 4.13. The van der Waals surface area contributed by atoms with E-state index in [9.17, 15) is 0 Å². The van der Waals surface area contributed by atoms with Gasteiger partial charge in [0.05, 0.1) is 0 Å². The van der Waals surface area contributed by atoms with Crippen molar-refractivity contribution in [2.75, 3.05) is 32.6 Å². The molecule has 0 aliphatic carbocycles. The highest BCUT2D eigenvalue weighted by molar-refractivity contribution is 5.44. The van der Waals surface area contributed by atoms with Crippen molar-refractivity contribution in [1.29, 1.82) is 0 Å². The third-order valence-electron chi connectivity index (χ3n) is 2.12. The number of hydrogen-bond donors (Lipinski definition) is 2. The highest BCUT2D eigenvalue weighted by atomic mass is 16.3.